The molecule has 0 aliphatic rings. The Morgan fingerprint density at radius 1 is 0.306 bits per heavy atom. The summed E-state index contributed by atoms with van der Waals surface area (Å²) in [6.07, 6.45) is 34.6. The Morgan fingerprint density at radius 2 is 0.500 bits per heavy atom. The van der Waals surface area contributed by atoms with E-state index in [2.05, 4.69) is 29.7 Å². The molecule has 36 heavy (non-hydrogen) atoms. The summed E-state index contributed by atoms with van der Waals surface area (Å²) in [4.78, 5) is 0. The van der Waals surface area contributed by atoms with Crippen LogP contribution in [0.15, 0.2) is 0 Å². The van der Waals surface area contributed by atoms with Gasteiger partial charge in [-0.1, -0.05) is 0 Å². The molecule has 0 aromatic heterocycles. The summed E-state index contributed by atoms with van der Waals surface area (Å²) in [5.74, 6) is 0. The van der Waals surface area contributed by atoms with Gasteiger partial charge in [0.05, 0.1) is 0 Å². The molecular formula is C32H68ClN2Nd. The molecule has 0 aliphatic carbocycles. The van der Waals surface area contributed by atoms with Crippen LogP contribution < -0.4 is 12.4 Å². The van der Waals surface area contributed by atoms with Gasteiger partial charge in [0.15, 0.2) is 0 Å². The van der Waals surface area contributed by atoms with Gasteiger partial charge in [0.1, 0.15) is 0 Å². The van der Waals surface area contributed by atoms with E-state index in [-0.39, 0.29) is 12.4 Å². The molecule has 0 aromatic carbocycles. The van der Waals surface area contributed by atoms with Gasteiger partial charge in [0.25, 0.3) is 0 Å². The van der Waals surface area contributed by atoms with Crippen molar-refractivity contribution in [3.63, 3.8) is 0 Å². The number of rotatable bonds is 30. The van der Waals surface area contributed by atoms with E-state index in [1.807, 2.05) is 0 Å². The molecule has 0 heterocycles. The molecule has 2 nitrogen and oxygen atoms in total. The fourth-order valence-corrected chi connectivity index (χ4v) is 9.55. The van der Waals surface area contributed by atoms with E-state index in [4.69, 9.17) is 0 Å². The van der Waals surface area contributed by atoms with Crippen LogP contribution in [0, 0.1) is 37.5 Å². The normalized spacial score (nSPS) is 11.3. The molecule has 0 rings (SSSR count). The van der Waals surface area contributed by atoms with Crippen molar-refractivity contribution in [3.8, 4) is 0 Å². The second-order valence-corrected chi connectivity index (χ2v) is 15.8. The summed E-state index contributed by atoms with van der Waals surface area (Å²) >= 11 is -0.869. The fourth-order valence-electron chi connectivity index (χ4n) is 4.96. The van der Waals surface area contributed by atoms with Gasteiger partial charge in [0, 0.05) is 0 Å². The van der Waals surface area contributed by atoms with Gasteiger partial charge in [0.2, 0.25) is 0 Å². The summed E-state index contributed by atoms with van der Waals surface area (Å²) in [5.41, 5.74) is 0. The molecule has 0 spiro atoms. The number of halogens is 1. The molecule has 4 heteroatoms. The maximum Gasteiger partial charge on any atom is -1.00 e. The Balaban J connectivity index is 0. The molecule has 217 valence electrons. The second kappa shape index (κ2) is 34.6. The summed E-state index contributed by atoms with van der Waals surface area (Å²) in [6.45, 7) is 15.0. The quantitative estimate of drug-likeness (QED) is 0.0722. The van der Waals surface area contributed by atoms with Crippen LogP contribution in [0.5, 0.6) is 0 Å². The first kappa shape index (κ1) is 39.7. The Labute approximate surface area is 257 Å². The number of unbranched alkanes of at least 4 members (excludes halogenated alkanes) is 20. The van der Waals surface area contributed by atoms with E-state index in [1.165, 1.54) is 180 Å². The van der Waals surface area contributed by atoms with E-state index in [9.17, 15) is 0 Å². The van der Waals surface area contributed by atoms with Gasteiger partial charge in [-0.3, -0.25) is 0 Å². The zero-order chi connectivity index (χ0) is 25.7. The van der Waals surface area contributed by atoms with Gasteiger partial charge in [-0.15, -0.1) is 0 Å². The van der Waals surface area contributed by atoms with Gasteiger partial charge in [-0.2, -0.15) is 0 Å². The van der Waals surface area contributed by atoms with Crippen LogP contribution in [0.2, 0.25) is 0 Å². The fraction of sp³-hybridized carbons (Fsp3) is 1.00. The third-order valence-electron chi connectivity index (χ3n) is 7.41. The number of hydrogen-bond acceptors (Lipinski definition) is 2. The van der Waals surface area contributed by atoms with Crippen molar-refractivity contribution >= 4 is 0 Å². The smallest absolute Gasteiger partial charge is 1.00 e. The van der Waals surface area contributed by atoms with Crippen molar-refractivity contribution in [1.82, 2.24) is 1.97 Å². The maximum absolute atomic E-state index is 3.04. The Morgan fingerprint density at radius 3 is 0.722 bits per heavy atom. The van der Waals surface area contributed by atoms with Crippen molar-refractivity contribution in [2.75, 3.05) is 26.2 Å². The minimum atomic E-state index is -0.869. The van der Waals surface area contributed by atoms with E-state index < -0.39 is 37.5 Å². The monoisotopic (exact) mass is 657 g/mol. The van der Waals surface area contributed by atoms with Crippen LogP contribution in [0.25, 0.3) is 0 Å². The predicted octanol–water partition coefficient (Wildman–Crippen LogP) is 7.95. The van der Waals surface area contributed by atoms with E-state index >= 15 is 0 Å². The molecule has 0 atom stereocenters. The molecular weight excluding hydrogens is 592 g/mol. The van der Waals surface area contributed by atoms with Crippen molar-refractivity contribution in [2.24, 2.45) is 0 Å². The van der Waals surface area contributed by atoms with Gasteiger partial charge in [-0.25, -0.2) is 0 Å². The summed E-state index contributed by atoms with van der Waals surface area (Å²) in [7, 11) is 0. The Bertz CT molecular complexity index is 317. The molecule has 0 radical (unpaired) electrons. The SMILES string of the molecule is CCCCCCCC[N](CCCCCCCC)[Nd+][N](CCCCCCCC)CCCCCCCC.[Cl-]. The number of hydrogen-bond donors (Lipinski definition) is 0. The van der Waals surface area contributed by atoms with Crippen molar-refractivity contribution in [1.29, 1.82) is 0 Å². The minimum absolute atomic E-state index is 0. The molecule has 0 amide bonds. The molecule has 0 bridgehead atoms. The first-order valence-electron chi connectivity index (χ1n) is 16.5. The van der Waals surface area contributed by atoms with Crippen LogP contribution in [0.3, 0.4) is 0 Å². The summed E-state index contributed by atoms with van der Waals surface area (Å²) < 4.78 is 6.07. The van der Waals surface area contributed by atoms with E-state index in [0.717, 1.165) is 0 Å². The second-order valence-electron chi connectivity index (χ2n) is 11.1. The third-order valence-corrected chi connectivity index (χ3v) is 12.1. The molecule has 0 saturated carbocycles. The largest absolute Gasteiger partial charge is 1.00 e. The average Bonchev–Trinajstić information content (AvgIpc) is 2.87. The molecule has 0 aliphatic heterocycles. The molecule has 0 aromatic rings. The van der Waals surface area contributed by atoms with Crippen LogP contribution >= 0.6 is 0 Å². The minimum Gasteiger partial charge on any atom is -1.00 e. The van der Waals surface area contributed by atoms with Crippen LogP contribution in [-0.2, 0) is 0 Å². The van der Waals surface area contributed by atoms with E-state index in [1.54, 1.807) is 0 Å². The van der Waals surface area contributed by atoms with Crippen molar-refractivity contribution in [2.45, 2.75) is 182 Å². The Hall–Kier alpha value is 1.56. The van der Waals surface area contributed by atoms with Crippen LogP contribution in [-0.4, -0.2) is 28.1 Å². The van der Waals surface area contributed by atoms with Crippen molar-refractivity contribution < 1.29 is 49.9 Å². The number of nitrogens with zero attached hydrogens (tertiary/aromatic N) is 2. The van der Waals surface area contributed by atoms with Gasteiger partial charge in [-0.05, 0) is 0 Å². The molecule has 0 saturated heterocycles. The summed E-state index contributed by atoms with van der Waals surface area (Å²) in [5, 5.41) is 0. The zero-order valence-corrected chi connectivity index (χ0v) is 29.5. The Kier molecular flexibility index (Phi) is 38.1. The van der Waals surface area contributed by atoms with Gasteiger partial charge < -0.3 is 12.4 Å². The third kappa shape index (κ3) is 30.1. The zero-order valence-electron chi connectivity index (χ0n) is 25.6. The topological polar surface area (TPSA) is 6.48 Å². The van der Waals surface area contributed by atoms with Crippen LogP contribution in [0.1, 0.15) is 182 Å². The molecule has 0 unspecified atom stereocenters. The van der Waals surface area contributed by atoms with Crippen LogP contribution in [0.4, 0.5) is 0 Å². The standard InChI is InChI=1S/2C16H34N.ClH.Nd/c2*1-3-5-7-9-11-13-15-17-16-14-12-10-8-6-4-2;;/h2*3-16H2,1-2H3;1H;/q2*-1;;+3/p-1. The molecule has 0 fully saturated rings. The van der Waals surface area contributed by atoms with E-state index in [0.29, 0.717) is 0 Å². The first-order chi connectivity index (χ1) is 17.3. The van der Waals surface area contributed by atoms with Gasteiger partial charge >= 0.3 is 247 Å². The predicted molar refractivity (Wildman–Crippen MR) is 157 cm³/mol. The first-order valence-corrected chi connectivity index (χ1v) is 19.4. The summed E-state index contributed by atoms with van der Waals surface area (Å²) in [6, 6.07) is 0. The maximum atomic E-state index is 3.04. The van der Waals surface area contributed by atoms with Crippen molar-refractivity contribution in [3.05, 3.63) is 0 Å². The molecule has 0 N–H and O–H groups in total. The average molecular weight is 661 g/mol.